The molecule has 34 heavy (non-hydrogen) atoms. The van der Waals surface area contributed by atoms with E-state index in [9.17, 15) is 10.1 Å². The molecular formula is C30H23N3O. The molecule has 1 amide bonds. The Kier molecular flexibility index (Phi) is 5.45. The van der Waals surface area contributed by atoms with Crippen molar-refractivity contribution >= 4 is 39.2 Å². The molecule has 0 saturated carbocycles. The van der Waals surface area contributed by atoms with Crippen molar-refractivity contribution in [3.05, 3.63) is 114 Å². The Morgan fingerprint density at radius 1 is 0.853 bits per heavy atom. The summed E-state index contributed by atoms with van der Waals surface area (Å²) in [5.41, 5.74) is 4.65. The molecule has 0 spiro atoms. The molecule has 0 bridgehead atoms. The minimum Gasteiger partial charge on any atom is -0.321 e. The summed E-state index contributed by atoms with van der Waals surface area (Å²) in [7, 11) is 0. The molecule has 5 rings (SSSR count). The number of benzene rings is 4. The maximum absolute atomic E-state index is 12.9. The first-order valence-electron chi connectivity index (χ1n) is 11.1. The number of anilines is 1. The van der Waals surface area contributed by atoms with Gasteiger partial charge >= 0.3 is 0 Å². The summed E-state index contributed by atoms with van der Waals surface area (Å²) in [5, 5.41) is 17.1. The molecule has 5 aromatic rings. The first kappa shape index (κ1) is 21.2. The van der Waals surface area contributed by atoms with Gasteiger partial charge in [-0.3, -0.25) is 4.79 Å². The molecule has 0 aliphatic rings. The van der Waals surface area contributed by atoms with Gasteiger partial charge in [-0.25, -0.2) is 0 Å². The average Bonchev–Trinajstić information content (AvgIpc) is 3.14. The Morgan fingerprint density at radius 2 is 1.56 bits per heavy atom. The molecule has 0 unspecified atom stereocenters. The van der Waals surface area contributed by atoms with Gasteiger partial charge in [-0.1, -0.05) is 66.7 Å². The van der Waals surface area contributed by atoms with Crippen LogP contribution < -0.4 is 5.32 Å². The number of fused-ring (bicyclic) bond motifs is 2. The van der Waals surface area contributed by atoms with Gasteiger partial charge in [0, 0.05) is 22.5 Å². The van der Waals surface area contributed by atoms with Crippen LogP contribution in [0.3, 0.4) is 0 Å². The summed E-state index contributed by atoms with van der Waals surface area (Å²) in [6, 6.07) is 32.3. The van der Waals surface area contributed by atoms with Crippen molar-refractivity contribution in [3.63, 3.8) is 0 Å². The van der Waals surface area contributed by atoms with E-state index in [2.05, 4.69) is 40.2 Å². The van der Waals surface area contributed by atoms with Gasteiger partial charge in [-0.15, -0.1) is 0 Å². The zero-order valence-corrected chi connectivity index (χ0v) is 19.0. The fourth-order valence-electron chi connectivity index (χ4n) is 4.48. The van der Waals surface area contributed by atoms with Gasteiger partial charge in [0.2, 0.25) is 0 Å². The number of hydrogen-bond acceptors (Lipinski definition) is 2. The van der Waals surface area contributed by atoms with Gasteiger partial charge in [0.1, 0.15) is 11.6 Å². The molecular weight excluding hydrogens is 418 g/mol. The lowest BCUT2D eigenvalue weighted by molar-refractivity contribution is -0.112. The smallest absolute Gasteiger partial charge is 0.266 e. The number of aromatic nitrogens is 1. The second-order valence-electron chi connectivity index (χ2n) is 8.35. The molecule has 0 saturated heterocycles. The summed E-state index contributed by atoms with van der Waals surface area (Å²) in [6.07, 6.45) is 1.67. The van der Waals surface area contributed by atoms with Gasteiger partial charge in [0.15, 0.2) is 0 Å². The summed E-state index contributed by atoms with van der Waals surface area (Å²) < 4.78 is 2.17. The van der Waals surface area contributed by atoms with E-state index in [1.165, 1.54) is 0 Å². The van der Waals surface area contributed by atoms with Gasteiger partial charge in [-0.2, -0.15) is 5.26 Å². The maximum Gasteiger partial charge on any atom is 0.266 e. The van der Waals surface area contributed by atoms with Crippen molar-refractivity contribution in [1.82, 2.24) is 4.57 Å². The highest BCUT2D eigenvalue weighted by atomic mass is 16.1. The van der Waals surface area contributed by atoms with Crippen LogP contribution in [0.1, 0.15) is 17.0 Å². The third-order valence-corrected chi connectivity index (χ3v) is 6.15. The molecule has 4 nitrogen and oxygen atoms in total. The summed E-state index contributed by atoms with van der Waals surface area (Å²) in [6.45, 7) is 4.05. The van der Waals surface area contributed by atoms with Crippen LogP contribution in [0.5, 0.6) is 0 Å². The number of nitrogens with one attached hydrogen (secondary N) is 1. The molecule has 1 heterocycles. The van der Waals surface area contributed by atoms with Gasteiger partial charge in [0.05, 0.1) is 5.69 Å². The van der Waals surface area contributed by atoms with E-state index in [4.69, 9.17) is 0 Å². The summed E-state index contributed by atoms with van der Waals surface area (Å²) >= 11 is 0. The van der Waals surface area contributed by atoms with Crippen molar-refractivity contribution in [2.24, 2.45) is 0 Å². The molecule has 0 aliphatic carbocycles. The number of aryl methyl sites for hydroxylation is 1. The normalized spacial score (nSPS) is 11.5. The first-order valence-corrected chi connectivity index (χ1v) is 11.1. The van der Waals surface area contributed by atoms with Crippen LogP contribution in [-0.2, 0) is 4.79 Å². The number of carbonyl (C=O) groups is 1. The number of amides is 1. The van der Waals surface area contributed by atoms with Crippen molar-refractivity contribution in [1.29, 1.82) is 5.26 Å². The molecule has 0 atom stereocenters. The number of carbonyl (C=O) groups excluding carboxylic acids is 1. The second kappa shape index (κ2) is 8.73. The minimum atomic E-state index is -0.423. The number of hydrogen-bond donors (Lipinski definition) is 1. The zero-order valence-electron chi connectivity index (χ0n) is 19.0. The Morgan fingerprint density at radius 3 is 2.35 bits per heavy atom. The third kappa shape index (κ3) is 3.85. The topological polar surface area (TPSA) is 57.8 Å². The Hall–Kier alpha value is -4.62. The minimum absolute atomic E-state index is 0.0614. The first-order chi connectivity index (χ1) is 16.5. The third-order valence-electron chi connectivity index (χ3n) is 6.15. The standard InChI is InChI=1S/C30H23N3O/c1-20-16-25(21(2)33(20)29-13-7-11-23-9-5-6-12-28(23)29)17-26(19-31)30(34)32-27-15-14-22-8-3-4-10-24(22)18-27/h3-18H,1-2H3,(H,32,34). The monoisotopic (exact) mass is 441 g/mol. The van der Waals surface area contributed by atoms with Crippen LogP contribution >= 0.6 is 0 Å². The van der Waals surface area contributed by atoms with E-state index in [1.807, 2.05) is 80.6 Å². The average molecular weight is 442 g/mol. The van der Waals surface area contributed by atoms with E-state index in [0.717, 1.165) is 44.2 Å². The lowest BCUT2D eigenvalue weighted by atomic mass is 10.1. The van der Waals surface area contributed by atoms with E-state index in [0.29, 0.717) is 5.69 Å². The van der Waals surface area contributed by atoms with Crippen LogP contribution in [0.2, 0.25) is 0 Å². The fraction of sp³-hybridized carbons (Fsp3) is 0.0667. The van der Waals surface area contributed by atoms with E-state index in [1.54, 1.807) is 6.08 Å². The fourth-order valence-corrected chi connectivity index (χ4v) is 4.48. The molecule has 1 N–H and O–H groups in total. The lowest BCUT2D eigenvalue weighted by Gasteiger charge is -2.13. The van der Waals surface area contributed by atoms with Crippen molar-refractivity contribution in [2.45, 2.75) is 13.8 Å². The van der Waals surface area contributed by atoms with Gasteiger partial charge in [-0.05, 0) is 65.9 Å². The van der Waals surface area contributed by atoms with Crippen molar-refractivity contribution in [3.8, 4) is 11.8 Å². The molecule has 0 fully saturated rings. The highest BCUT2D eigenvalue weighted by Gasteiger charge is 2.15. The van der Waals surface area contributed by atoms with Crippen LogP contribution in [0.15, 0.2) is 96.6 Å². The molecule has 1 aromatic heterocycles. The quantitative estimate of drug-likeness (QED) is 0.242. The maximum atomic E-state index is 12.9. The van der Waals surface area contributed by atoms with E-state index in [-0.39, 0.29) is 5.57 Å². The molecule has 4 aromatic carbocycles. The van der Waals surface area contributed by atoms with Crippen LogP contribution in [-0.4, -0.2) is 10.5 Å². The Balaban J connectivity index is 1.49. The van der Waals surface area contributed by atoms with Gasteiger partial charge < -0.3 is 9.88 Å². The highest BCUT2D eigenvalue weighted by molar-refractivity contribution is 6.10. The number of nitrogens with zero attached hydrogens (tertiary/aromatic N) is 2. The SMILES string of the molecule is Cc1cc(C=C(C#N)C(=O)Nc2ccc3ccccc3c2)c(C)n1-c1cccc2ccccc12. The predicted octanol–water partition coefficient (Wildman–Crippen LogP) is 6.95. The predicted molar refractivity (Wildman–Crippen MR) is 139 cm³/mol. The van der Waals surface area contributed by atoms with Gasteiger partial charge in [0.25, 0.3) is 5.91 Å². The second-order valence-corrected chi connectivity index (χ2v) is 8.35. The highest BCUT2D eigenvalue weighted by Crippen LogP contribution is 2.28. The number of rotatable bonds is 4. The van der Waals surface area contributed by atoms with E-state index >= 15 is 0 Å². The Labute approximate surface area is 198 Å². The van der Waals surface area contributed by atoms with Crippen molar-refractivity contribution < 1.29 is 4.79 Å². The lowest BCUT2D eigenvalue weighted by Crippen LogP contribution is -2.13. The van der Waals surface area contributed by atoms with Crippen LogP contribution in [0.4, 0.5) is 5.69 Å². The molecule has 164 valence electrons. The summed E-state index contributed by atoms with van der Waals surface area (Å²) in [5.74, 6) is -0.423. The Bertz CT molecular complexity index is 1630. The largest absolute Gasteiger partial charge is 0.321 e. The zero-order chi connectivity index (χ0) is 23.7. The van der Waals surface area contributed by atoms with Crippen molar-refractivity contribution in [2.75, 3.05) is 5.32 Å². The van der Waals surface area contributed by atoms with E-state index < -0.39 is 5.91 Å². The van der Waals surface area contributed by atoms with Crippen LogP contribution in [0, 0.1) is 25.2 Å². The summed E-state index contributed by atoms with van der Waals surface area (Å²) in [4.78, 5) is 12.9. The molecule has 0 radical (unpaired) electrons. The number of nitriles is 1. The molecule has 4 heteroatoms. The van der Waals surface area contributed by atoms with Crippen LogP contribution in [0.25, 0.3) is 33.3 Å². The molecule has 0 aliphatic heterocycles.